The number of hydrogen-bond acceptors (Lipinski definition) is 3. The Morgan fingerprint density at radius 1 is 1.10 bits per heavy atom. The van der Waals surface area contributed by atoms with Crippen molar-refractivity contribution in [3.05, 3.63) is 75.3 Å². The zero-order valence-electron chi connectivity index (χ0n) is 11.7. The molecule has 2 rings (SSSR count). The molecule has 0 spiro atoms. The van der Waals surface area contributed by atoms with Crippen LogP contribution in [-0.2, 0) is 6.54 Å². The average molecular weight is 270 g/mol. The zero-order valence-corrected chi connectivity index (χ0v) is 11.7. The number of nitrogens with zero attached hydrogens (tertiary/aromatic N) is 1. The van der Waals surface area contributed by atoms with Crippen LogP contribution in [0.15, 0.2) is 48.5 Å². The third-order valence-electron chi connectivity index (χ3n) is 3.34. The van der Waals surface area contributed by atoms with Crippen LogP contribution in [0.25, 0.3) is 0 Å². The summed E-state index contributed by atoms with van der Waals surface area (Å²) in [4.78, 5) is 10.2. The molecule has 0 aromatic heterocycles. The van der Waals surface area contributed by atoms with Crippen LogP contribution in [0.1, 0.15) is 29.7 Å². The molecule has 1 unspecified atom stereocenters. The van der Waals surface area contributed by atoms with Crippen molar-refractivity contribution in [3.63, 3.8) is 0 Å². The van der Waals surface area contributed by atoms with E-state index in [1.165, 1.54) is 23.3 Å². The Morgan fingerprint density at radius 2 is 1.70 bits per heavy atom. The number of non-ortho nitro benzene ring substituents is 1. The smallest absolute Gasteiger partial charge is 0.269 e. The number of benzene rings is 2. The first-order valence-electron chi connectivity index (χ1n) is 6.59. The van der Waals surface area contributed by atoms with E-state index in [9.17, 15) is 10.1 Å². The number of rotatable bonds is 5. The van der Waals surface area contributed by atoms with Gasteiger partial charge in [0, 0.05) is 24.7 Å². The second kappa shape index (κ2) is 6.30. The Bertz CT molecular complexity index is 576. The van der Waals surface area contributed by atoms with Crippen LogP contribution in [0, 0.1) is 17.0 Å². The van der Waals surface area contributed by atoms with Crippen molar-refractivity contribution in [2.75, 3.05) is 0 Å². The molecule has 104 valence electrons. The Hall–Kier alpha value is -2.20. The molecule has 0 aliphatic rings. The second-order valence-corrected chi connectivity index (χ2v) is 4.94. The lowest BCUT2D eigenvalue weighted by molar-refractivity contribution is -0.384. The van der Waals surface area contributed by atoms with Gasteiger partial charge in [0.1, 0.15) is 0 Å². The molecule has 2 aromatic rings. The predicted molar refractivity (Wildman–Crippen MR) is 79.5 cm³/mol. The summed E-state index contributed by atoms with van der Waals surface area (Å²) in [5, 5.41) is 14.0. The maximum Gasteiger partial charge on any atom is 0.269 e. The molecular formula is C16H18N2O2. The van der Waals surface area contributed by atoms with E-state index in [0.29, 0.717) is 6.54 Å². The first-order chi connectivity index (χ1) is 9.56. The molecule has 0 fully saturated rings. The molecule has 4 heteroatoms. The van der Waals surface area contributed by atoms with Crippen LogP contribution >= 0.6 is 0 Å². The predicted octanol–water partition coefficient (Wildman–Crippen LogP) is 3.75. The van der Waals surface area contributed by atoms with Crippen LogP contribution in [0.2, 0.25) is 0 Å². The zero-order chi connectivity index (χ0) is 14.5. The highest BCUT2D eigenvalue weighted by molar-refractivity contribution is 5.33. The molecule has 0 amide bonds. The maximum atomic E-state index is 10.6. The van der Waals surface area contributed by atoms with Crippen LogP contribution < -0.4 is 5.32 Å². The largest absolute Gasteiger partial charge is 0.306 e. The van der Waals surface area contributed by atoms with Gasteiger partial charge in [-0.25, -0.2) is 0 Å². The summed E-state index contributed by atoms with van der Waals surface area (Å²) in [5.74, 6) is 0. The molecule has 1 atom stereocenters. The van der Waals surface area contributed by atoms with Crippen molar-refractivity contribution < 1.29 is 4.92 Å². The van der Waals surface area contributed by atoms with E-state index < -0.39 is 0 Å². The van der Waals surface area contributed by atoms with Gasteiger partial charge in [-0.05, 0) is 25.0 Å². The van der Waals surface area contributed by atoms with Crippen molar-refractivity contribution in [3.8, 4) is 0 Å². The molecular weight excluding hydrogens is 252 g/mol. The van der Waals surface area contributed by atoms with Crippen molar-refractivity contribution in [1.29, 1.82) is 0 Å². The normalized spacial score (nSPS) is 12.1. The van der Waals surface area contributed by atoms with E-state index in [1.54, 1.807) is 12.1 Å². The fourth-order valence-electron chi connectivity index (χ4n) is 1.98. The summed E-state index contributed by atoms with van der Waals surface area (Å²) in [6, 6.07) is 15.3. The molecule has 2 aromatic carbocycles. The minimum absolute atomic E-state index is 0.125. The SMILES string of the molecule is Cc1ccc(C(C)NCc2ccc([N+](=O)[O-])cc2)cc1. The summed E-state index contributed by atoms with van der Waals surface area (Å²) in [5.41, 5.74) is 3.64. The highest BCUT2D eigenvalue weighted by atomic mass is 16.6. The fraction of sp³-hybridized carbons (Fsp3) is 0.250. The van der Waals surface area contributed by atoms with Gasteiger partial charge in [-0.2, -0.15) is 0 Å². The van der Waals surface area contributed by atoms with Crippen molar-refractivity contribution in [2.24, 2.45) is 0 Å². The standard InChI is InChI=1S/C16H18N2O2/c1-12-3-7-15(8-4-12)13(2)17-11-14-5-9-16(10-6-14)18(19)20/h3-10,13,17H,11H2,1-2H3. The van der Waals surface area contributed by atoms with E-state index in [1.807, 2.05) is 0 Å². The molecule has 4 nitrogen and oxygen atoms in total. The lowest BCUT2D eigenvalue weighted by Gasteiger charge is -2.14. The van der Waals surface area contributed by atoms with Gasteiger partial charge in [-0.1, -0.05) is 42.0 Å². The van der Waals surface area contributed by atoms with Gasteiger partial charge in [0.05, 0.1) is 4.92 Å². The summed E-state index contributed by atoms with van der Waals surface area (Å²) >= 11 is 0. The Balaban J connectivity index is 1.94. The molecule has 0 heterocycles. The van der Waals surface area contributed by atoms with E-state index >= 15 is 0 Å². The average Bonchev–Trinajstić information content (AvgIpc) is 2.46. The first-order valence-corrected chi connectivity index (χ1v) is 6.59. The summed E-state index contributed by atoms with van der Waals surface area (Å²) in [6.45, 7) is 4.86. The molecule has 0 aliphatic heterocycles. The van der Waals surface area contributed by atoms with Crippen molar-refractivity contribution in [1.82, 2.24) is 5.32 Å². The number of nitro benzene ring substituents is 1. The molecule has 0 saturated carbocycles. The monoisotopic (exact) mass is 270 g/mol. The van der Waals surface area contributed by atoms with E-state index in [2.05, 4.69) is 43.4 Å². The topological polar surface area (TPSA) is 55.2 Å². The van der Waals surface area contributed by atoms with E-state index in [0.717, 1.165) is 5.56 Å². The van der Waals surface area contributed by atoms with Crippen LogP contribution in [-0.4, -0.2) is 4.92 Å². The molecule has 0 radical (unpaired) electrons. The van der Waals surface area contributed by atoms with Gasteiger partial charge in [0.15, 0.2) is 0 Å². The quantitative estimate of drug-likeness (QED) is 0.665. The first kappa shape index (κ1) is 14.2. The van der Waals surface area contributed by atoms with E-state index in [4.69, 9.17) is 0 Å². The number of nitro groups is 1. The second-order valence-electron chi connectivity index (χ2n) is 4.94. The van der Waals surface area contributed by atoms with Crippen LogP contribution in [0.4, 0.5) is 5.69 Å². The third-order valence-corrected chi connectivity index (χ3v) is 3.34. The molecule has 0 bridgehead atoms. The Labute approximate surface area is 118 Å². The molecule has 0 saturated heterocycles. The third kappa shape index (κ3) is 3.65. The van der Waals surface area contributed by atoms with Gasteiger partial charge >= 0.3 is 0 Å². The fourth-order valence-corrected chi connectivity index (χ4v) is 1.98. The van der Waals surface area contributed by atoms with E-state index in [-0.39, 0.29) is 16.7 Å². The highest BCUT2D eigenvalue weighted by Gasteiger charge is 2.06. The van der Waals surface area contributed by atoms with Crippen molar-refractivity contribution >= 4 is 5.69 Å². The number of nitrogens with one attached hydrogen (secondary N) is 1. The Kier molecular flexibility index (Phi) is 4.48. The Morgan fingerprint density at radius 3 is 2.25 bits per heavy atom. The van der Waals surface area contributed by atoms with Gasteiger partial charge in [0.25, 0.3) is 5.69 Å². The lowest BCUT2D eigenvalue weighted by Crippen LogP contribution is -2.18. The lowest BCUT2D eigenvalue weighted by atomic mass is 10.1. The molecule has 1 N–H and O–H groups in total. The van der Waals surface area contributed by atoms with Gasteiger partial charge in [0.2, 0.25) is 0 Å². The minimum atomic E-state index is -0.383. The highest BCUT2D eigenvalue weighted by Crippen LogP contribution is 2.15. The molecule has 0 aliphatic carbocycles. The van der Waals surface area contributed by atoms with Gasteiger partial charge in [-0.15, -0.1) is 0 Å². The minimum Gasteiger partial charge on any atom is -0.306 e. The summed E-state index contributed by atoms with van der Waals surface area (Å²) in [7, 11) is 0. The summed E-state index contributed by atoms with van der Waals surface area (Å²) in [6.07, 6.45) is 0. The van der Waals surface area contributed by atoms with Gasteiger partial charge < -0.3 is 5.32 Å². The number of aryl methyl sites for hydroxylation is 1. The number of hydrogen-bond donors (Lipinski definition) is 1. The van der Waals surface area contributed by atoms with Crippen molar-refractivity contribution in [2.45, 2.75) is 26.4 Å². The van der Waals surface area contributed by atoms with Crippen LogP contribution in [0.5, 0.6) is 0 Å². The van der Waals surface area contributed by atoms with Crippen LogP contribution in [0.3, 0.4) is 0 Å². The molecule has 20 heavy (non-hydrogen) atoms. The van der Waals surface area contributed by atoms with Gasteiger partial charge in [-0.3, -0.25) is 10.1 Å². The summed E-state index contributed by atoms with van der Waals surface area (Å²) < 4.78 is 0. The maximum absolute atomic E-state index is 10.6.